The average molecular weight is 1040 g/mol. The third-order valence-electron chi connectivity index (χ3n) is 17.3. The van der Waals surface area contributed by atoms with Gasteiger partial charge in [0.25, 0.3) is 0 Å². The number of alkyl halides is 6. The van der Waals surface area contributed by atoms with Gasteiger partial charge in [0.1, 0.15) is 22.3 Å². The monoisotopic (exact) mass is 1040 g/mol. The standard InChI is InChI=1S/C68H50F6N2O2/c69-67(70,71)49-29-13-7-25-45(49)61-57(39-19-3-1-4-20-39)65(75-51-31-15-9-23-41(51)43-35-37-55-59(63(43)75)47-27-11-17-33-53(47)77-55)58(40-21-5-2-6-22-40)62(46-26-8-14-30-50(46)68(72,73)74)66(61)76-52-32-16-10-24-42(52)44-36-38-56-60(64(44)76)48-28-12-18-34-54(48)78-56/h7-18,23-40H,1-6,19-22H2. The summed E-state index contributed by atoms with van der Waals surface area (Å²) in [6, 6.07) is 51.0. The van der Waals surface area contributed by atoms with E-state index in [1.54, 1.807) is 24.3 Å². The molecule has 2 aliphatic rings. The van der Waals surface area contributed by atoms with Gasteiger partial charge in [-0.3, -0.25) is 0 Å². The number of halogens is 6. The second-order valence-corrected chi connectivity index (χ2v) is 21.6. The van der Waals surface area contributed by atoms with Crippen LogP contribution in [0.1, 0.15) is 98.3 Å². The Kier molecular flexibility index (Phi) is 10.6. The van der Waals surface area contributed by atoms with E-state index in [1.807, 2.05) is 103 Å². The van der Waals surface area contributed by atoms with Gasteiger partial charge in [0.2, 0.25) is 0 Å². The number of rotatable bonds is 6. The molecule has 0 spiro atoms. The van der Waals surface area contributed by atoms with Crippen LogP contribution in [0.15, 0.2) is 179 Å². The fourth-order valence-electron chi connectivity index (χ4n) is 14.2. The van der Waals surface area contributed by atoms with Crippen LogP contribution < -0.4 is 0 Å². The van der Waals surface area contributed by atoms with Crippen molar-refractivity contribution in [2.24, 2.45) is 0 Å². The molecule has 0 bridgehead atoms. The van der Waals surface area contributed by atoms with E-state index in [1.165, 1.54) is 12.1 Å². The van der Waals surface area contributed by atoms with Crippen LogP contribution in [0, 0.1) is 0 Å². The van der Waals surface area contributed by atoms with Crippen LogP contribution in [-0.2, 0) is 12.4 Å². The van der Waals surface area contributed by atoms with E-state index < -0.39 is 23.5 Å². The lowest BCUT2D eigenvalue weighted by molar-refractivity contribution is -0.137. The highest BCUT2D eigenvalue weighted by molar-refractivity contribution is 6.27. The maximum Gasteiger partial charge on any atom is 0.417 e. The highest BCUT2D eigenvalue weighted by Crippen LogP contribution is 2.59. The summed E-state index contributed by atoms with van der Waals surface area (Å²) in [6.07, 6.45) is -1.83. The first-order valence-corrected chi connectivity index (χ1v) is 27.3. The summed E-state index contributed by atoms with van der Waals surface area (Å²) in [6.45, 7) is 0. The number of aromatic nitrogens is 2. The highest BCUT2D eigenvalue weighted by atomic mass is 19.4. The maximum atomic E-state index is 16.5. The zero-order valence-electron chi connectivity index (χ0n) is 42.4. The Bertz CT molecular complexity index is 4470. The van der Waals surface area contributed by atoms with Crippen LogP contribution in [-0.4, -0.2) is 9.13 Å². The number of furan rings is 2. The van der Waals surface area contributed by atoms with Gasteiger partial charge in [0.15, 0.2) is 0 Å². The molecular weight excluding hydrogens is 991 g/mol. The number of benzene rings is 9. The van der Waals surface area contributed by atoms with E-state index in [2.05, 4.69) is 27.3 Å². The molecule has 2 saturated carbocycles. The minimum absolute atomic E-state index is 0.0856. The number of hydrogen-bond donors (Lipinski definition) is 0. The zero-order chi connectivity index (χ0) is 52.6. The van der Waals surface area contributed by atoms with Crippen molar-refractivity contribution in [3.05, 3.63) is 192 Å². The Morgan fingerprint density at radius 2 is 0.718 bits per heavy atom. The Morgan fingerprint density at radius 3 is 1.15 bits per heavy atom. The molecule has 9 aromatic carbocycles. The molecule has 10 heteroatoms. The molecular formula is C68H50F6N2O2. The van der Waals surface area contributed by atoms with Gasteiger partial charge >= 0.3 is 12.4 Å². The van der Waals surface area contributed by atoms with Crippen molar-refractivity contribution in [3.63, 3.8) is 0 Å². The molecule has 386 valence electrons. The predicted octanol–water partition coefficient (Wildman–Crippen LogP) is 21.1. The third-order valence-corrected chi connectivity index (χ3v) is 17.3. The minimum Gasteiger partial charge on any atom is -0.456 e. The van der Waals surface area contributed by atoms with E-state index in [0.29, 0.717) is 70.4 Å². The van der Waals surface area contributed by atoms with Crippen molar-refractivity contribution in [3.8, 4) is 33.6 Å². The SMILES string of the molecule is FC(F)(F)c1ccccc1-c1c(C2CCCCC2)c(-n2c3ccccc3c3ccc4oc5ccccc5c4c32)c(C2CCCCC2)c(-c2ccccc2C(F)(F)F)c1-n1c2ccccc2c2ccc3oc4ccccc4c3c21. The molecule has 78 heavy (non-hydrogen) atoms. The van der Waals surface area contributed by atoms with Crippen LogP contribution in [0.5, 0.6) is 0 Å². The van der Waals surface area contributed by atoms with Crippen molar-refractivity contribution in [1.29, 1.82) is 0 Å². The lowest BCUT2D eigenvalue weighted by atomic mass is 9.71. The van der Waals surface area contributed by atoms with E-state index in [-0.39, 0.29) is 34.1 Å². The molecule has 13 aromatic rings. The van der Waals surface area contributed by atoms with Crippen molar-refractivity contribution in [2.45, 2.75) is 88.4 Å². The van der Waals surface area contributed by atoms with Crippen molar-refractivity contribution >= 4 is 87.5 Å². The van der Waals surface area contributed by atoms with Gasteiger partial charge in [0, 0.05) is 43.4 Å². The van der Waals surface area contributed by atoms with Gasteiger partial charge in [0.05, 0.1) is 55.3 Å². The maximum absolute atomic E-state index is 16.5. The molecule has 0 atom stereocenters. The molecule has 2 aliphatic carbocycles. The first-order chi connectivity index (χ1) is 38.0. The predicted molar refractivity (Wildman–Crippen MR) is 302 cm³/mol. The van der Waals surface area contributed by atoms with E-state index in [4.69, 9.17) is 8.83 Å². The van der Waals surface area contributed by atoms with Gasteiger partial charge in [-0.15, -0.1) is 0 Å². The first kappa shape index (κ1) is 47.0. The van der Waals surface area contributed by atoms with Crippen LogP contribution >= 0.6 is 0 Å². The van der Waals surface area contributed by atoms with Crippen molar-refractivity contribution < 1.29 is 35.2 Å². The van der Waals surface area contributed by atoms with Crippen LogP contribution in [0.25, 0.3) is 121 Å². The summed E-state index contributed by atoms with van der Waals surface area (Å²) in [4.78, 5) is 0. The molecule has 15 rings (SSSR count). The second-order valence-electron chi connectivity index (χ2n) is 21.6. The summed E-state index contributed by atoms with van der Waals surface area (Å²) in [5, 5.41) is 6.64. The summed E-state index contributed by atoms with van der Waals surface area (Å²) >= 11 is 0. The molecule has 0 N–H and O–H groups in total. The molecule has 4 heterocycles. The molecule has 4 nitrogen and oxygen atoms in total. The summed E-state index contributed by atoms with van der Waals surface area (Å²) < 4.78 is 117. The number of hydrogen-bond acceptors (Lipinski definition) is 2. The number of nitrogens with zero attached hydrogens (tertiary/aromatic N) is 2. The fourth-order valence-corrected chi connectivity index (χ4v) is 14.2. The van der Waals surface area contributed by atoms with Gasteiger partial charge in [-0.25, -0.2) is 0 Å². The zero-order valence-corrected chi connectivity index (χ0v) is 42.4. The van der Waals surface area contributed by atoms with Gasteiger partial charge in [-0.2, -0.15) is 26.3 Å². The second kappa shape index (κ2) is 17.6. The van der Waals surface area contributed by atoms with Gasteiger partial charge in [-0.05, 0) is 120 Å². The fraction of sp³-hybridized carbons (Fsp3) is 0.206. The van der Waals surface area contributed by atoms with E-state index in [9.17, 15) is 0 Å². The molecule has 2 fully saturated rings. The van der Waals surface area contributed by atoms with Crippen LogP contribution in [0.4, 0.5) is 26.3 Å². The normalized spacial score (nSPS) is 15.5. The first-order valence-electron chi connectivity index (χ1n) is 27.3. The summed E-state index contributed by atoms with van der Waals surface area (Å²) in [5.74, 6) is -0.616. The topological polar surface area (TPSA) is 36.1 Å². The van der Waals surface area contributed by atoms with E-state index >= 15 is 26.3 Å². The Morgan fingerprint density at radius 1 is 0.346 bits per heavy atom. The van der Waals surface area contributed by atoms with Crippen LogP contribution in [0.3, 0.4) is 0 Å². The average Bonchev–Trinajstić information content (AvgIpc) is 4.31. The van der Waals surface area contributed by atoms with Crippen molar-refractivity contribution in [2.75, 3.05) is 0 Å². The Labute approximate surface area is 444 Å². The molecule has 0 aliphatic heterocycles. The van der Waals surface area contributed by atoms with Gasteiger partial charge < -0.3 is 18.0 Å². The van der Waals surface area contributed by atoms with E-state index in [0.717, 1.165) is 116 Å². The highest BCUT2D eigenvalue weighted by Gasteiger charge is 2.43. The smallest absolute Gasteiger partial charge is 0.417 e. The Balaban J connectivity index is 1.30. The lowest BCUT2D eigenvalue weighted by Gasteiger charge is -2.37. The molecule has 0 radical (unpaired) electrons. The minimum atomic E-state index is -4.87. The number of para-hydroxylation sites is 4. The summed E-state index contributed by atoms with van der Waals surface area (Å²) in [5.41, 5.74) is 6.46. The molecule has 0 unspecified atom stereocenters. The number of fused-ring (bicyclic) bond motifs is 14. The third kappa shape index (κ3) is 7.00. The van der Waals surface area contributed by atoms with Gasteiger partial charge in [-0.1, -0.05) is 148 Å². The Hall–Kier alpha value is -8.24. The summed E-state index contributed by atoms with van der Waals surface area (Å²) in [7, 11) is 0. The van der Waals surface area contributed by atoms with Crippen LogP contribution in [0.2, 0.25) is 0 Å². The largest absolute Gasteiger partial charge is 0.456 e. The molecule has 0 amide bonds. The van der Waals surface area contributed by atoms with Crippen molar-refractivity contribution in [1.82, 2.24) is 9.13 Å². The quantitative estimate of drug-likeness (QED) is 0.156. The molecule has 4 aromatic heterocycles. The molecule has 0 saturated heterocycles. The lowest BCUT2D eigenvalue weighted by Crippen LogP contribution is -2.21.